The largest absolute Gasteiger partial charge is 2.00 e. The Kier molecular flexibility index (Phi) is 6.14. The zero-order chi connectivity index (χ0) is 9.68. The van der Waals surface area contributed by atoms with E-state index in [1.54, 1.807) is 0 Å². The number of esters is 1. The van der Waals surface area contributed by atoms with Gasteiger partial charge in [-0.05, 0) is 30.7 Å². The summed E-state index contributed by atoms with van der Waals surface area (Å²) in [5, 5.41) is 8.96. The summed E-state index contributed by atoms with van der Waals surface area (Å²) < 4.78 is 4.90. The Labute approximate surface area is 95.8 Å². The van der Waals surface area contributed by atoms with Crippen LogP contribution in [0.5, 0.6) is 5.75 Å². The van der Waals surface area contributed by atoms with Crippen LogP contribution in [-0.4, -0.2) is 17.7 Å². The van der Waals surface area contributed by atoms with Gasteiger partial charge in [0.15, 0.2) is 0 Å². The van der Waals surface area contributed by atoms with E-state index in [1.165, 1.54) is 24.3 Å². The van der Waals surface area contributed by atoms with Gasteiger partial charge >= 0.3 is 25.4 Å². The molecule has 14 heavy (non-hydrogen) atoms. The SMILES string of the molecule is CCCOC(=O)c1ccc(O)cc1.[Zn+2]. The van der Waals surface area contributed by atoms with Crippen LogP contribution in [0.4, 0.5) is 0 Å². The predicted octanol–water partition coefficient (Wildman–Crippen LogP) is 1.96. The van der Waals surface area contributed by atoms with Crippen LogP contribution in [0.3, 0.4) is 0 Å². The fourth-order valence-corrected chi connectivity index (χ4v) is 0.876. The summed E-state index contributed by atoms with van der Waals surface area (Å²) in [6.07, 6.45) is 0.809. The Morgan fingerprint density at radius 3 is 2.43 bits per heavy atom. The Bertz CT molecular complexity index is 282. The molecule has 0 amide bonds. The summed E-state index contributed by atoms with van der Waals surface area (Å²) >= 11 is 0. The third kappa shape index (κ3) is 3.88. The van der Waals surface area contributed by atoms with Gasteiger partial charge in [-0.3, -0.25) is 0 Å². The van der Waals surface area contributed by atoms with Crippen molar-refractivity contribution < 1.29 is 34.1 Å². The third-order valence-electron chi connectivity index (χ3n) is 1.54. The number of hydrogen-bond donors (Lipinski definition) is 1. The molecule has 0 bridgehead atoms. The van der Waals surface area contributed by atoms with E-state index in [2.05, 4.69) is 0 Å². The van der Waals surface area contributed by atoms with Gasteiger partial charge in [0, 0.05) is 0 Å². The van der Waals surface area contributed by atoms with Crippen molar-refractivity contribution in [3.05, 3.63) is 29.8 Å². The summed E-state index contributed by atoms with van der Waals surface area (Å²) in [7, 11) is 0. The first-order chi connectivity index (χ1) is 6.24. The van der Waals surface area contributed by atoms with Crippen LogP contribution < -0.4 is 0 Å². The maximum Gasteiger partial charge on any atom is 2.00 e. The molecule has 1 aromatic carbocycles. The van der Waals surface area contributed by atoms with Gasteiger partial charge in [-0.15, -0.1) is 0 Å². The zero-order valence-corrected chi connectivity index (χ0v) is 11.2. The molecule has 0 unspecified atom stereocenters. The molecule has 0 aromatic heterocycles. The summed E-state index contributed by atoms with van der Waals surface area (Å²) in [5.74, 6) is -0.200. The van der Waals surface area contributed by atoms with Crippen molar-refractivity contribution in [1.29, 1.82) is 0 Å². The van der Waals surface area contributed by atoms with Gasteiger partial charge in [0.25, 0.3) is 0 Å². The second kappa shape index (κ2) is 6.55. The number of hydrogen-bond acceptors (Lipinski definition) is 3. The second-order valence-corrected chi connectivity index (χ2v) is 2.68. The van der Waals surface area contributed by atoms with Crippen molar-refractivity contribution in [3.63, 3.8) is 0 Å². The molecule has 0 aliphatic rings. The van der Waals surface area contributed by atoms with Crippen molar-refractivity contribution in [1.82, 2.24) is 0 Å². The number of aromatic hydroxyl groups is 1. The van der Waals surface area contributed by atoms with E-state index in [0.717, 1.165) is 6.42 Å². The predicted molar refractivity (Wildman–Crippen MR) is 48.7 cm³/mol. The van der Waals surface area contributed by atoms with E-state index in [0.29, 0.717) is 12.2 Å². The summed E-state index contributed by atoms with van der Waals surface area (Å²) in [6.45, 7) is 2.36. The molecule has 0 radical (unpaired) electrons. The fourth-order valence-electron chi connectivity index (χ4n) is 0.876. The van der Waals surface area contributed by atoms with Crippen LogP contribution in [0.25, 0.3) is 0 Å². The molecule has 1 rings (SSSR count). The van der Waals surface area contributed by atoms with E-state index >= 15 is 0 Å². The number of carbonyl (C=O) groups is 1. The molecule has 0 fully saturated rings. The Morgan fingerprint density at radius 1 is 1.36 bits per heavy atom. The van der Waals surface area contributed by atoms with Gasteiger partial charge in [0.1, 0.15) is 5.75 Å². The van der Waals surface area contributed by atoms with Crippen molar-refractivity contribution in [3.8, 4) is 5.75 Å². The first kappa shape index (κ1) is 13.1. The first-order valence-electron chi connectivity index (χ1n) is 4.20. The minimum absolute atomic E-state index is 0. The van der Waals surface area contributed by atoms with E-state index in [9.17, 15) is 4.79 Å². The number of phenolic OH excluding ortho intramolecular Hbond substituents is 1. The number of phenols is 1. The van der Waals surface area contributed by atoms with Crippen LogP contribution in [-0.2, 0) is 24.2 Å². The fraction of sp³-hybridized carbons (Fsp3) is 0.300. The van der Waals surface area contributed by atoms with E-state index in [1.807, 2.05) is 6.92 Å². The summed E-state index contributed by atoms with van der Waals surface area (Å²) in [6, 6.07) is 5.99. The number of ether oxygens (including phenoxy) is 1. The zero-order valence-electron chi connectivity index (χ0n) is 8.19. The third-order valence-corrected chi connectivity index (χ3v) is 1.54. The van der Waals surface area contributed by atoms with E-state index in [4.69, 9.17) is 9.84 Å². The van der Waals surface area contributed by atoms with Gasteiger partial charge < -0.3 is 9.84 Å². The van der Waals surface area contributed by atoms with Gasteiger partial charge in [-0.1, -0.05) is 6.92 Å². The molecule has 0 aliphatic heterocycles. The molecular weight excluding hydrogens is 233 g/mol. The van der Waals surface area contributed by atoms with E-state index in [-0.39, 0.29) is 31.2 Å². The Balaban J connectivity index is 0.00000169. The van der Waals surface area contributed by atoms with Crippen molar-refractivity contribution >= 4 is 5.97 Å². The minimum atomic E-state index is -0.346. The van der Waals surface area contributed by atoms with Crippen molar-refractivity contribution in [2.45, 2.75) is 13.3 Å². The summed E-state index contributed by atoms with van der Waals surface area (Å²) in [5.41, 5.74) is 0.464. The van der Waals surface area contributed by atoms with Crippen LogP contribution >= 0.6 is 0 Å². The van der Waals surface area contributed by atoms with Crippen molar-refractivity contribution in [2.24, 2.45) is 0 Å². The number of rotatable bonds is 3. The quantitative estimate of drug-likeness (QED) is 0.654. The number of benzene rings is 1. The van der Waals surface area contributed by atoms with Gasteiger partial charge in [-0.25, -0.2) is 4.79 Å². The molecule has 3 nitrogen and oxygen atoms in total. The smallest absolute Gasteiger partial charge is 0.508 e. The normalized spacial score (nSPS) is 8.93. The summed E-state index contributed by atoms with van der Waals surface area (Å²) in [4.78, 5) is 11.2. The van der Waals surface area contributed by atoms with E-state index < -0.39 is 0 Å². The average Bonchev–Trinajstić information content (AvgIpc) is 2.15. The Morgan fingerprint density at radius 2 is 1.93 bits per heavy atom. The van der Waals surface area contributed by atoms with Gasteiger partial charge in [0.05, 0.1) is 12.2 Å². The molecule has 1 aromatic rings. The van der Waals surface area contributed by atoms with Gasteiger partial charge in [-0.2, -0.15) is 0 Å². The van der Waals surface area contributed by atoms with Crippen molar-refractivity contribution in [2.75, 3.05) is 6.61 Å². The molecule has 0 saturated carbocycles. The molecule has 70 valence electrons. The second-order valence-electron chi connectivity index (χ2n) is 2.68. The first-order valence-corrected chi connectivity index (χ1v) is 4.20. The molecule has 0 aliphatic carbocycles. The molecule has 4 heteroatoms. The van der Waals surface area contributed by atoms with Crippen LogP contribution in [0.15, 0.2) is 24.3 Å². The molecule has 0 saturated heterocycles. The van der Waals surface area contributed by atoms with Gasteiger partial charge in [0.2, 0.25) is 0 Å². The Hall–Kier alpha value is -0.887. The maximum absolute atomic E-state index is 11.2. The number of carbonyl (C=O) groups excluding carboxylic acids is 1. The molecular formula is C10H12O3Zn+2. The van der Waals surface area contributed by atoms with Crippen LogP contribution in [0.2, 0.25) is 0 Å². The maximum atomic E-state index is 11.2. The average molecular weight is 246 g/mol. The molecule has 0 spiro atoms. The molecule has 0 heterocycles. The van der Waals surface area contributed by atoms with Crippen LogP contribution in [0.1, 0.15) is 23.7 Å². The standard InChI is InChI=1S/C10H12O3.Zn/c1-2-7-13-10(12)8-3-5-9(11)6-4-8;/h3-6,11H,2,7H2,1H3;/q;+2. The monoisotopic (exact) mass is 244 g/mol. The topological polar surface area (TPSA) is 46.5 Å². The minimum Gasteiger partial charge on any atom is -0.508 e. The molecule has 0 atom stereocenters. The van der Waals surface area contributed by atoms with Crippen LogP contribution in [0, 0.1) is 0 Å². The molecule has 1 N–H and O–H groups in total.